The van der Waals surface area contributed by atoms with Crippen LogP contribution in [0.15, 0.2) is 0 Å². The van der Waals surface area contributed by atoms with Gasteiger partial charge in [-0.1, -0.05) is 337 Å². The zero-order valence-corrected chi connectivity index (χ0v) is 63.1. The maximum absolute atomic E-state index is 13.1. The van der Waals surface area contributed by atoms with Gasteiger partial charge in [0.1, 0.15) is 19.3 Å². The van der Waals surface area contributed by atoms with Crippen molar-refractivity contribution in [2.24, 2.45) is 11.8 Å². The quantitative estimate of drug-likeness (QED) is 0.0222. The lowest BCUT2D eigenvalue weighted by molar-refractivity contribution is -0.161. The highest BCUT2D eigenvalue weighted by Gasteiger charge is 2.30. The molecule has 3 N–H and O–H groups in total. The van der Waals surface area contributed by atoms with Crippen LogP contribution in [0.4, 0.5) is 0 Å². The average Bonchev–Trinajstić information content (AvgIpc) is 1.99. The van der Waals surface area contributed by atoms with E-state index < -0.39 is 97.5 Å². The third-order valence-electron chi connectivity index (χ3n) is 17.5. The summed E-state index contributed by atoms with van der Waals surface area (Å²) >= 11 is 0. The molecule has 2 unspecified atom stereocenters. The highest BCUT2D eigenvalue weighted by molar-refractivity contribution is 7.47. The molecule has 0 heterocycles. The summed E-state index contributed by atoms with van der Waals surface area (Å²) in [5.41, 5.74) is 0. The molecule has 0 aromatic heterocycles. The Labute approximate surface area is 575 Å². The summed E-state index contributed by atoms with van der Waals surface area (Å²) in [6.45, 7) is 9.61. The van der Waals surface area contributed by atoms with Crippen LogP contribution in [0.1, 0.15) is 388 Å². The number of aliphatic hydroxyl groups is 1. The number of phosphoric acid groups is 2. The largest absolute Gasteiger partial charge is 0.472 e. The molecule has 19 heteroatoms. The molecule has 0 saturated heterocycles. The van der Waals surface area contributed by atoms with E-state index in [1.807, 2.05) is 0 Å². The van der Waals surface area contributed by atoms with E-state index in [4.69, 9.17) is 37.0 Å². The lowest BCUT2D eigenvalue weighted by atomic mass is 10.0. The van der Waals surface area contributed by atoms with E-state index in [1.54, 1.807) is 0 Å². The monoisotopic (exact) mass is 1380 g/mol. The number of phosphoric ester groups is 2. The summed E-state index contributed by atoms with van der Waals surface area (Å²) in [6, 6.07) is 0. The molecule has 0 aromatic rings. The van der Waals surface area contributed by atoms with Gasteiger partial charge in [0, 0.05) is 25.7 Å². The Morgan fingerprint density at radius 3 is 0.723 bits per heavy atom. The van der Waals surface area contributed by atoms with E-state index in [2.05, 4.69) is 41.5 Å². The van der Waals surface area contributed by atoms with Crippen molar-refractivity contribution < 1.29 is 80.2 Å². The molecule has 0 aliphatic heterocycles. The van der Waals surface area contributed by atoms with Crippen LogP contribution in [0.5, 0.6) is 0 Å². The summed E-state index contributed by atoms with van der Waals surface area (Å²) in [4.78, 5) is 72.6. The van der Waals surface area contributed by atoms with Crippen LogP contribution in [0.2, 0.25) is 0 Å². The third kappa shape index (κ3) is 68.6. The number of hydrogen-bond donors (Lipinski definition) is 3. The molecular formula is C75H146O17P2. The fourth-order valence-corrected chi connectivity index (χ4v) is 13.1. The average molecular weight is 1380 g/mol. The van der Waals surface area contributed by atoms with Crippen molar-refractivity contribution in [1.82, 2.24) is 0 Å². The van der Waals surface area contributed by atoms with E-state index in [0.29, 0.717) is 25.7 Å². The Hall–Kier alpha value is -1.94. The summed E-state index contributed by atoms with van der Waals surface area (Å²) in [6.07, 6.45) is 54.2. The normalized spacial score (nSPS) is 14.0. The summed E-state index contributed by atoms with van der Waals surface area (Å²) in [7, 11) is -9.90. The van der Waals surface area contributed by atoms with Crippen molar-refractivity contribution >= 4 is 39.5 Å². The van der Waals surface area contributed by atoms with Gasteiger partial charge < -0.3 is 33.8 Å². The predicted molar refractivity (Wildman–Crippen MR) is 381 cm³/mol. The van der Waals surface area contributed by atoms with Crippen LogP contribution < -0.4 is 0 Å². The van der Waals surface area contributed by atoms with Gasteiger partial charge in [-0.05, 0) is 37.5 Å². The topological polar surface area (TPSA) is 237 Å². The van der Waals surface area contributed by atoms with Gasteiger partial charge in [0.2, 0.25) is 0 Å². The first kappa shape index (κ1) is 92.1. The van der Waals surface area contributed by atoms with Crippen LogP contribution in [-0.4, -0.2) is 96.7 Å². The molecule has 5 atom stereocenters. The minimum atomic E-state index is -4.96. The minimum Gasteiger partial charge on any atom is -0.462 e. The van der Waals surface area contributed by atoms with Crippen LogP contribution >= 0.6 is 15.6 Å². The first-order chi connectivity index (χ1) is 45.4. The Morgan fingerprint density at radius 2 is 0.489 bits per heavy atom. The van der Waals surface area contributed by atoms with Crippen molar-refractivity contribution in [3.8, 4) is 0 Å². The minimum absolute atomic E-state index is 0.106. The van der Waals surface area contributed by atoms with E-state index in [9.17, 15) is 43.2 Å². The summed E-state index contributed by atoms with van der Waals surface area (Å²) in [5.74, 6) is -0.511. The molecule has 0 aliphatic rings. The summed E-state index contributed by atoms with van der Waals surface area (Å²) in [5, 5.41) is 10.6. The first-order valence-corrected chi connectivity index (χ1v) is 42.0. The fourth-order valence-electron chi connectivity index (χ4n) is 11.5. The third-order valence-corrected chi connectivity index (χ3v) is 19.4. The zero-order chi connectivity index (χ0) is 69.3. The zero-order valence-electron chi connectivity index (χ0n) is 61.3. The lowest BCUT2D eigenvalue weighted by Gasteiger charge is -2.21. The molecule has 0 amide bonds. The van der Waals surface area contributed by atoms with Crippen LogP contribution in [0, 0.1) is 11.8 Å². The SMILES string of the molecule is CCCCCCCCCCCC(=O)OC[C@H](COP(=O)(O)OC[C@H](O)COP(=O)(O)OC[C@@H](COC(=O)CCCCCCCCCCCCCCCCC(C)C)OC(=O)CCCCCCCCCCCCCCCCCCC(C)C)OC(=O)CCCCCCCCCCC. The van der Waals surface area contributed by atoms with Crippen molar-refractivity contribution in [1.29, 1.82) is 0 Å². The van der Waals surface area contributed by atoms with E-state index in [1.165, 1.54) is 205 Å². The van der Waals surface area contributed by atoms with Crippen molar-refractivity contribution in [2.75, 3.05) is 39.6 Å². The molecule has 0 saturated carbocycles. The number of rotatable bonds is 74. The maximum atomic E-state index is 13.1. The Bertz CT molecular complexity index is 1820. The van der Waals surface area contributed by atoms with Gasteiger partial charge >= 0.3 is 39.5 Å². The molecule has 0 spiro atoms. The number of ether oxygens (including phenoxy) is 4. The number of aliphatic hydroxyl groups excluding tert-OH is 1. The van der Waals surface area contributed by atoms with Gasteiger partial charge in [-0.3, -0.25) is 37.3 Å². The van der Waals surface area contributed by atoms with Gasteiger partial charge in [-0.15, -0.1) is 0 Å². The maximum Gasteiger partial charge on any atom is 0.472 e. The van der Waals surface area contributed by atoms with Gasteiger partial charge in [-0.25, -0.2) is 9.13 Å². The molecule has 0 bridgehead atoms. The standard InChI is InChI=1S/C75H146O17P2/c1-7-9-11-13-15-31-39-45-51-57-72(77)85-63-70(91-74(79)59-53-47-41-32-16-14-12-10-8-2)65-89-93(81,82)87-61-69(76)62-88-94(83,84)90-66-71(64-86-73(78)58-52-46-40-35-29-25-22-21-24-28-34-38-44-50-56-68(5)6)92-75(80)60-54-48-42-36-30-26-20-18-17-19-23-27-33-37-43-49-55-67(3)4/h67-71,76H,7-66H2,1-6H3,(H,81,82)(H,83,84)/t69-,70+,71+/m0/s1. The van der Waals surface area contributed by atoms with E-state index in [0.717, 1.165) is 102 Å². The van der Waals surface area contributed by atoms with Crippen LogP contribution in [0.3, 0.4) is 0 Å². The molecule has 0 aromatic carbocycles. The molecule has 0 radical (unpaired) electrons. The molecule has 0 rings (SSSR count). The first-order valence-electron chi connectivity index (χ1n) is 39.0. The van der Waals surface area contributed by atoms with Gasteiger partial charge in [-0.2, -0.15) is 0 Å². The molecule has 0 fully saturated rings. The second-order valence-electron chi connectivity index (χ2n) is 28.0. The van der Waals surface area contributed by atoms with E-state index in [-0.39, 0.29) is 25.7 Å². The second kappa shape index (κ2) is 66.9. The highest BCUT2D eigenvalue weighted by Crippen LogP contribution is 2.45. The molecule has 0 aliphatic carbocycles. The molecule has 17 nitrogen and oxygen atoms in total. The lowest BCUT2D eigenvalue weighted by Crippen LogP contribution is -2.30. The number of unbranched alkanes of at least 4 members (excludes halogenated alkanes) is 44. The molecule has 94 heavy (non-hydrogen) atoms. The van der Waals surface area contributed by atoms with Gasteiger partial charge in [0.25, 0.3) is 0 Å². The number of carbonyl (C=O) groups is 4. The van der Waals surface area contributed by atoms with Crippen LogP contribution in [0.25, 0.3) is 0 Å². The molecule has 558 valence electrons. The van der Waals surface area contributed by atoms with Crippen molar-refractivity contribution in [2.45, 2.75) is 407 Å². The predicted octanol–water partition coefficient (Wildman–Crippen LogP) is 21.9. The van der Waals surface area contributed by atoms with Gasteiger partial charge in [0.05, 0.1) is 26.4 Å². The Kier molecular flexibility index (Phi) is 65.5. The highest BCUT2D eigenvalue weighted by atomic mass is 31.2. The van der Waals surface area contributed by atoms with Crippen molar-refractivity contribution in [3.05, 3.63) is 0 Å². The Morgan fingerprint density at radius 1 is 0.287 bits per heavy atom. The summed E-state index contributed by atoms with van der Waals surface area (Å²) < 4.78 is 68.4. The second-order valence-corrected chi connectivity index (χ2v) is 30.9. The fraction of sp³-hybridized carbons (Fsp3) is 0.947. The molecular weight excluding hydrogens is 1230 g/mol. The van der Waals surface area contributed by atoms with Crippen LogP contribution in [-0.2, 0) is 65.4 Å². The number of carbonyl (C=O) groups excluding carboxylic acids is 4. The van der Waals surface area contributed by atoms with Gasteiger partial charge in [0.15, 0.2) is 12.2 Å². The Balaban J connectivity index is 5.19. The van der Waals surface area contributed by atoms with E-state index >= 15 is 0 Å². The number of esters is 4. The number of hydrogen-bond acceptors (Lipinski definition) is 15. The van der Waals surface area contributed by atoms with Crippen molar-refractivity contribution in [3.63, 3.8) is 0 Å². The smallest absolute Gasteiger partial charge is 0.462 e.